The lowest BCUT2D eigenvalue weighted by atomic mass is 10.00. The Morgan fingerprint density at radius 3 is 2.73 bits per heavy atom. The highest BCUT2D eigenvalue weighted by Gasteiger charge is 2.19. The molecule has 2 rings (SSSR count). The van der Waals surface area contributed by atoms with Gasteiger partial charge in [-0.2, -0.15) is 0 Å². The number of aryl methyl sites for hydroxylation is 2. The van der Waals surface area contributed by atoms with E-state index < -0.39 is 6.10 Å². The SMILES string of the molecule is Cc1cc(C)c(C)c(OCC(O)CN2CCCC(C)C2)c1.Cl. The van der Waals surface area contributed by atoms with Crippen LogP contribution in [0.2, 0.25) is 0 Å². The Hall–Kier alpha value is -0.770. The Labute approximate surface area is 141 Å². The van der Waals surface area contributed by atoms with Gasteiger partial charge >= 0.3 is 0 Å². The average Bonchev–Trinajstić information content (AvgIpc) is 2.41. The summed E-state index contributed by atoms with van der Waals surface area (Å²) in [5.74, 6) is 1.65. The standard InChI is InChI=1S/C18H29NO2.ClH/c1-13-6-5-7-19(10-13)11-17(20)12-21-18-9-14(2)8-15(3)16(18)4;/h8-9,13,17,20H,5-7,10-12H2,1-4H3;1H. The van der Waals surface area contributed by atoms with Crippen molar-refractivity contribution in [1.82, 2.24) is 4.90 Å². The third-order valence-electron chi connectivity index (χ3n) is 4.41. The Morgan fingerprint density at radius 2 is 2.05 bits per heavy atom. The number of piperidine rings is 1. The molecular formula is C18H30ClNO2. The molecule has 4 heteroatoms. The first-order valence-corrected chi connectivity index (χ1v) is 8.06. The molecule has 1 aliphatic heterocycles. The summed E-state index contributed by atoms with van der Waals surface area (Å²) in [5, 5.41) is 10.2. The average molecular weight is 328 g/mol. The first-order valence-electron chi connectivity index (χ1n) is 8.06. The summed E-state index contributed by atoms with van der Waals surface area (Å²) in [7, 11) is 0. The van der Waals surface area contributed by atoms with Crippen LogP contribution < -0.4 is 4.74 Å². The van der Waals surface area contributed by atoms with Gasteiger partial charge in [-0.1, -0.05) is 13.0 Å². The number of nitrogens with zero attached hydrogens (tertiary/aromatic N) is 1. The summed E-state index contributed by atoms with van der Waals surface area (Å²) in [5.41, 5.74) is 3.61. The molecule has 0 aliphatic carbocycles. The number of β-amino-alcohol motifs (C(OH)–C–C–N with tert-alkyl or cyclic N) is 1. The molecule has 0 saturated carbocycles. The van der Waals surface area contributed by atoms with E-state index in [1.54, 1.807) is 0 Å². The topological polar surface area (TPSA) is 32.7 Å². The zero-order chi connectivity index (χ0) is 15.4. The van der Waals surface area contributed by atoms with Gasteiger partial charge in [-0.15, -0.1) is 12.4 Å². The second-order valence-electron chi connectivity index (χ2n) is 6.68. The highest BCUT2D eigenvalue weighted by atomic mass is 35.5. The summed E-state index contributed by atoms with van der Waals surface area (Å²) in [6, 6.07) is 4.21. The molecule has 1 N–H and O–H groups in total. The van der Waals surface area contributed by atoms with E-state index in [1.807, 2.05) is 0 Å². The number of aliphatic hydroxyl groups is 1. The molecule has 3 nitrogen and oxygen atoms in total. The van der Waals surface area contributed by atoms with E-state index in [2.05, 4.69) is 44.7 Å². The summed E-state index contributed by atoms with van der Waals surface area (Å²) in [6.45, 7) is 11.8. The molecule has 0 spiro atoms. The predicted octanol–water partition coefficient (Wildman–Crippen LogP) is 3.51. The molecule has 22 heavy (non-hydrogen) atoms. The number of hydrogen-bond acceptors (Lipinski definition) is 3. The summed E-state index contributed by atoms with van der Waals surface area (Å²) >= 11 is 0. The van der Waals surface area contributed by atoms with Gasteiger partial charge in [0.15, 0.2) is 0 Å². The number of aliphatic hydroxyl groups excluding tert-OH is 1. The van der Waals surface area contributed by atoms with E-state index in [4.69, 9.17) is 4.74 Å². The first kappa shape index (κ1) is 19.3. The lowest BCUT2D eigenvalue weighted by Crippen LogP contribution is -2.41. The van der Waals surface area contributed by atoms with Gasteiger partial charge in [0.1, 0.15) is 18.5 Å². The van der Waals surface area contributed by atoms with Crippen molar-refractivity contribution in [3.63, 3.8) is 0 Å². The van der Waals surface area contributed by atoms with Crippen molar-refractivity contribution in [2.75, 3.05) is 26.2 Å². The third kappa shape index (κ3) is 5.45. The van der Waals surface area contributed by atoms with Crippen LogP contribution >= 0.6 is 12.4 Å². The minimum absolute atomic E-state index is 0. The Kier molecular flexibility index (Phi) is 7.67. The van der Waals surface area contributed by atoms with Gasteiger partial charge in [-0.05, 0) is 68.8 Å². The lowest BCUT2D eigenvalue weighted by Gasteiger charge is -2.32. The molecule has 1 aliphatic rings. The van der Waals surface area contributed by atoms with Crippen LogP contribution in [0, 0.1) is 26.7 Å². The van der Waals surface area contributed by atoms with Crippen LogP contribution in [0.5, 0.6) is 5.75 Å². The van der Waals surface area contributed by atoms with Crippen LogP contribution in [-0.2, 0) is 0 Å². The zero-order valence-corrected chi connectivity index (χ0v) is 15.1. The molecule has 1 aromatic carbocycles. The van der Waals surface area contributed by atoms with E-state index >= 15 is 0 Å². The number of ether oxygens (including phenoxy) is 1. The molecule has 1 aromatic rings. The van der Waals surface area contributed by atoms with E-state index in [0.29, 0.717) is 13.2 Å². The Bertz CT molecular complexity index is 478. The van der Waals surface area contributed by atoms with Gasteiger partial charge in [-0.3, -0.25) is 0 Å². The van der Waals surface area contributed by atoms with E-state index in [-0.39, 0.29) is 12.4 Å². The summed E-state index contributed by atoms with van der Waals surface area (Å²) in [4.78, 5) is 2.36. The molecule has 2 unspecified atom stereocenters. The Morgan fingerprint density at radius 1 is 1.32 bits per heavy atom. The monoisotopic (exact) mass is 327 g/mol. The highest BCUT2D eigenvalue weighted by molar-refractivity contribution is 5.85. The normalized spacial score (nSPS) is 20.3. The first-order chi connectivity index (χ1) is 9.95. The van der Waals surface area contributed by atoms with Crippen LogP contribution in [0.15, 0.2) is 12.1 Å². The van der Waals surface area contributed by atoms with Crippen molar-refractivity contribution in [2.45, 2.75) is 46.6 Å². The van der Waals surface area contributed by atoms with Crippen molar-refractivity contribution >= 4 is 12.4 Å². The minimum atomic E-state index is -0.421. The number of benzene rings is 1. The van der Waals surface area contributed by atoms with Crippen LogP contribution in [0.1, 0.15) is 36.5 Å². The maximum Gasteiger partial charge on any atom is 0.122 e. The number of rotatable bonds is 5. The maximum atomic E-state index is 10.2. The number of halogens is 1. The van der Waals surface area contributed by atoms with Gasteiger partial charge in [0.2, 0.25) is 0 Å². The zero-order valence-electron chi connectivity index (χ0n) is 14.3. The number of likely N-dealkylation sites (tertiary alicyclic amines) is 1. The Balaban J connectivity index is 0.00000242. The van der Waals surface area contributed by atoms with Gasteiger partial charge in [0, 0.05) is 13.1 Å². The van der Waals surface area contributed by atoms with Gasteiger partial charge in [0.25, 0.3) is 0 Å². The fourth-order valence-electron chi connectivity index (χ4n) is 3.14. The smallest absolute Gasteiger partial charge is 0.122 e. The van der Waals surface area contributed by atoms with E-state index in [9.17, 15) is 5.11 Å². The quantitative estimate of drug-likeness (QED) is 0.898. The third-order valence-corrected chi connectivity index (χ3v) is 4.41. The fourth-order valence-corrected chi connectivity index (χ4v) is 3.14. The van der Waals surface area contributed by atoms with Crippen LogP contribution in [0.3, 0.4) is 0 Å². The van der Waals surface area contributed by atoms with E-state index in [0.717, 1.165) is 24.8 Å². The van der Waals surface area contributed by atoms with Gasteiger partial charge in [-0.25, -0.2) is 0 Å². The molecular weight excluding hydrogens is 298 g/mol. The molecule has 126 valence electrons. The fraction of sp³-hybridized carbons (Fsp3) is 0.667. The van der Waals surface area contributed by atoms with Crippen molar-refractivity contribution in [3.05, 3.63) is 28.8 Å². The molecule has 2 atom stereocenters. The van der Waals surface area contributed by atoms with Crippen molar-refractivity contribution in [3.8, 4) is 5.75 Å². The maximum absolute atomic E-state index is 10.2. The van der Waals surface area contributed by atoms with Crippen molar-refractivity contribution in [1.29, 1.82) is 0 Å². The highest BCUT2D eigenvalue weighted by Crippen LogP contribution is 2.23. The largest absolute Gasteiger partial charge is 0.491 e. The molecule has 0 bridgehead atoms. The second-order valence-corrected chi connectivity index (χ2v) is 6.68. The van der Waals surface area contributed by atoms with Crippen molar-refractivity contribution in [2.24, 2.45) is 5.92 Å². The number of hydrogen-bond donors (Lipinski definition) is 1. The minimum Gasteiger partial charge on any atom is -0.491 e. The summed E-state index contributed by atoms with van der Waals surface area (Å²) < 4.78 is 5.85. The van der Waals surface area contributed by atoms with E-state index in [1.165, 1.54) is 29.5 Å². The van der Waals surface area contributed by atoms with Crippen LogP contribution in [-0.4, -0.2) is 42.4 Å². The molecule has 0 radical (unpaired) electrons. The molecule has 1 fully saturated rings. The van der Waals surface area contributed by atoms with Crippen LogP contribution in [0.4, 0.5) is 0 Å². The summed E-state index contributed by atoms with van der Waals surface area (Å²) in [6.07, 6.45) is 2.13. The van der Waals surface area contributed by atoms with Gasteiger partial charge in [0.05, 0.1) is 0 Å². The molecule has 0 aromatic heterocycles. The van der Waals surface area contributed by atoms with Crippen LogP contribution in [0.25, 0.3) is 0 Å². The van der Waals surface area contributed by atoms with Crippen molar-refractivity contribution < 1.29 is 9.84 Å². The molecule has 1 saturated heterocycles. The van der Waals surface area contributed by atoms with Gasteiger partial charge < -0.3 is 14.7 Å². The molecule has 1 heterocycles. The molecule has 0 amide bonds. The predicted molar refractivity (Wildman–Crippen MR) is 94.2 cm³/mol. The lowest BCUT2D eigenvalue weighted by molar-refractivity contribution is 0.0535. The second kappa shape index (κ2) is 8.76.